The first kappa shape index (κ1) is 13.2. The number of anilines is 1. The van der Waals surface area contributed by atoms with Crippen LogP contribution in [0.5, 0.6) is 0 Å². The van der Waals surface area contributed by atoms with Gasteiger partial charge < -0.3 is 5.32 Å². The van der Waals surface area contributed by atoms with Crippen LogP contribution in [-0.2, 0) is 0 Å². The van der Waals surface area contributed by atoms with Crippen LogP contribution in [0.3, 0.4) is 0 Å². The van der Waals surface area contributed by atoms with Gasteiger partial charge in [-0.3, -0.25) is 0 Å². The highest BCUT2D eigenvalue weighted by Gasteiger charge is 2.40. The average Bonchev–Trinajstić information content (AvgIpc) is 3.10. The Hall–Kier alpha value is -1.75. The number of rotatable bonds is 3. The number of hydrogen-bond acceptors (Lipinski definition) is 3. The molecule has 20 heavy (non-hydrogen) atoms. The van der Waals surface area contributed by atoms with E-state index in [0.717, 1.165) is 12.5 Å². The number of benzene rings is 1. The molecule has 1 saturated carbocycles. The summed E-state index contributed by atoms with van der Waals surface area (Å²) in [6, 6.07) is 5.91. The number of aromatic nitrogens is 2. The van der Waals surface area contributed by atoms with Crippen molar-refractivity contribution in [2.75, 3.05) is 5.32 Å². The minimum absolute atomic E-state index is 0.0386. The number of halogens is 3. The predicted molar refractivity (Wildman–Crippen MR) is 72.9 cm³/mol. The number of aryl methyl sites for hydroxylation is 1. The van der Waals surface area contributed by atoms with Gasteiger partial charge in [0.25, 0.3) is 0 Å². The van der Waals surface area contributed by atoms with E-state index in [2.05, 4.69) is 15.3 Å². The predicted octanol–water partition coefficient (Wildman–Crippen LogP) is 3.68. The fourth-order valence-corrected chi connectivity index (χ4v) is 2.53. The summed E-state index contributed by atoms with van der Waals surface area (Å²) in [4.78, 5) is 8.18. The summed E-state index contributed by atoms with van der Waals surface area (Å²) in [7, 11) is 0. The molecule has 0 spiro atoms. The fraction of sp³-hybridized carbons (Fsp3) is 0.286. The average molecular weight is 296 g/mol. The lowest BCUT2D eigenvalue weighted by Gasteiger charge is -2.07. The van der Waals surface area contributed by atoms with Crippen LogP contribution in [0.25, 0.3) is 0 Å². The first-order valence-electron chi connectivity index (χ1n) is 6.26. The third kappa shape index (κ3) is 2.58. The lowest BCUT2D eigenvalue weighted by Crippen LogP contribution is -2.08. The zero-order valence-corrected chi connectivity index (χ0v) is 11.5. The van der Waals surface area contributed by atoms with E-state index in [1.165, 1.54) is 6.07 Å². The smallest absolute Gasteiger partial charge is 0.162 e. The Morgan fingerprint density at radius 2 is 2.10 bits per heavy atom. The quantitative estimate of drug-likeness (QED) is 0.878. The van der Waals surface area contributed by atoms with Gasteiger partial charge in [-0.15, -0.1) is 0 Å². The Morgan fingerprint density at radius 1 is 1.30 bits per heavy atom. The first-order valence-corrected chi connectivity index (χ1v) is 6.64. The van der Waals surface area contributed by atoms with Crippen molar-refractivity contribution in [3.05, 3.63) is 52.4 Å². The first-order chi connectivity index (χ1) is 9.54. The van der Waals surface area contributed by atoms with E-state index >= 15 is 0 Å². The summed E-state index contributed by atoms with van der Waals surface area (Å²) in [6.07, 6.45) is 0.737. The second-order valence-corrected chi connectivity index (χ2v) is 5.25. The van der Waals surface area contributed by atoms with Crippen LogP contribution >= 0.6 is 11.6 Å². The second kappa shape index (κ2) is 4.98. The minimum atomic E-state index is -0.811. The Bertz CT molecular complexity index is 643. The molecule has 104 valence electrons. The van der Waals surface area contributed by atoms with E-state index in [9.17, 15) is 8.78 Å². The van der Waals surface area contributed by atoms with Gasteiger partial charge in [0.15, 0.2) is 11.6 Å². The number of hydrogen-bond donors (Lipinski definition) is 1. The molecule has 1 aromatic heterocycles. The largest absolute Gasteiger partial charge is 0.367 e. The van der Waals surface area contributed by atoms with Crippen molar-refractivity contribution >= 4 is 17.4 Å². The molecular weight excluding hydrogens is 284 g/mol. The zero-order chi connectivity index (χ0) is 14.3. The van der Waals surface area contributed by atoms with E-state index in [1.807, 2.05) is 0 Å². The lowest BCUT2D eigenvalue weighted by atomic mass is 10.1. The molecule has 0 saturated heterocycles. The van der Waals surface area contributed by atoms with E-state index in [0.29, 0.717) is 22.4 Å². The van der Waals surface area contributed by atoms with E-state index in [1.54, 1.807) is 19.1 Å². The van der Waals surface area contributed by atoms with Crippen molar-refractivity contribution in [3.8, 4) is 0 Å². The highest BCUT2D eigenvalue weighted by atomic mass is 35.5. The maximum atomic E-state index is 13.7. The summed E-state index contributed by atoms with van der Waals surface area (Å²) in [5.74, 6) is -0.450. The molecule has 1 fully saturated rings. The summed E-state index contributed by atoms with van der Waals surface area (Å²) < 4.78 is 26.9. The number of nitrogens with zero attached hydrogens (tertiary/aromatic N) is 2. The monoisotopic (exact) mass is 295 g/mol. The van der Waals surface area contributed by atoms with Crippen LogP contribution in [0.15, 0.2) is 24.3 Å². The van der Waals surface area contributed by atoms with Crippen LogP contribution in [0.1, 0.15) is 23.7 Å². The molecule has 1 aliphatic carbocycles. The molecule has 6 heteroatoms. The zero-order valence-electron chi connectivity index (χ0n) is 10.7. The Balaban J connectivity index is 1.75. The molecule has 2 atom stereocenters. The molecule has 2 aromatic rings. The van der Waals surface area contributed by atoms with Crippen molar-refractivity contribution in [1.29, 1.82) is 0 Å². The molecule has 1 heterocycles. The van der Waals surface area contributed by atoms with Crippen molar-refractivity contribution in [2.45, 2.75) is 25.3 Å². The topological polar surface area (TPSA) is 37.8 Å². The SMILES string of the molecule is Cc1nc(Cl)cc(N[C@@H]2C[C@H]2c2cccc(F)c2F)n1. The van der Waals surface area contributed by atoms with E-state index in [4.69, 9.17) is 11.6 Å². The van der Waals surface area contributed by atoms with Gasteiger partial charge in [0.2, 0.25) is 0 Å². The molecule has 0 unspecified atom stereocenters. The second-order valence-electron chi connectivity index (χ2n) is 4.86. The summed E-state index contributed by atoms with van der Waals surface area (Å²) in [5.41, 5.74) is 0.402. The van der Waals surface area contributed by atoms with Crippen LogP contribution in [-0.4, -0.2) is 16.0 Å². The van der Waals surface area contributed by atoms with Gasteiger partial charge in [0, 0.05) is 18.0 Å². The van der Waals surface area contributed by atoms with Gasteiger partial charge in [-0.05, 0) is 25.0 Å². The lowest BCUT2D eigenvalue weighted by molar-refractivity contribution is 0.499. The van der Waals surface area contributed by atoms with Crippen molar-refractivity contribution < 1.29 is 8.78 Å². The van der Waals surface area contributed by atoms with Crippen LogP contribution in [0.4, 0.5) is 14.6 Å². The molecular formula is C14H12ClF2N3. The summed E-state index contributed by atoms with van der Waals surface area (Å²) in [5, 5.41) is 3.52. The molecule has 0 radical (unpaired) electrons. The van der Waals surface area contributed by atoms with Crippen LogP contribution in [0.2, 0.25) is 5.15 Å². The Labute approximate surface area is 120 Å². The molecule has 0 bridgehead atoms. The molecule has 1 aliphatic rings. The molecule has 3 nitrogen and oxygen atoms in total. The highest BCUT2D eigenvalue weighted by Crippen LogP contribution is 2.44. The normalized spacial score (nSPS) is 20.8. The third-order valence-electron chi connectivity index (χ3n) is 3.31. The summed E-state index contributed by atoms with van der Waals surface area (Å²) >= 11 is 5.85. The van der Waals surface area contributed by atoms with Gasteiger partial charge in [-0.1, -0.05) is 23.7 Å². The molecule has 1 aromatic carbocycles. The van der Waals surface area contributed by atoms with Crippen molar-refractivity contribution in [2.24, 2.45) is 0 Å². The van der Waals surface area contributed by atoms with Gasteiger partial charge in [0.1, 0.15) is 16.8 Å². The van der Waals surface area contributed by atoms with Gasteiger partial charge in [-0.2, -0.15) is 0 Å². The maximum Gasteiger partial charge on any atom is 0.162 e. The minimum Gasteiger partial charge on any atom is -0.367 e. The van der Waals surface area contributed by atoms with Crippen LogP contribution in [0, 0.1) is 18.6 Å². The number of nitrogens with one attached hydrogen (secondary N) is 1. The maximum absolute atomic E-state index is 13.7. The molecule has 0 amide bonds. The van der Waals surface area contributed by atoms with E-state index in [-0.39, 0.29) is 12.0 Å². The molecule has 1 N–H and O–H groups in total. The fourth-order valence-electron chi connectivity index (χ4n) is 2.30. The van der Waals surface area contributed by atoms with E-state index < -0.39 is 11.6 Å². The Morgan fingerprint density at radius 3 is 2.85 bits per heavy atom. The third-order valence-corrected chi connectivity index (χ3v) is 3.50. The molecule has 3 rings (SSSR count). The highest BCUT2D eigenvalue weighted by molar-refractivity contribution is 6.29. The Kier molecular flexibility index (Phi) is 3.30. The standard InChI is InChI=1S/C14H12ClF2N3/c1-7-18-12(15)6-13(19-7)20-11-5-9(11)8-3-2-4-10(16)14(8)17/h2-4,6,9,11H,5H2,1H3,(H,18,19,20)/t9-,11+/m0/s1. The van der Waals surface area contributed by atoms with Crippen molar-refractivity contribution in [3.63, 3.8) is 0 Å². The van der Waals surface area contributed by atoms with Gasteiger partial charge >= 0.3 is 0 Å². The van der Waals surface area contributed by atoms with Gasteiger partial charge in [-0.25, -0.2) is 18.7 Å². The molecule has 0 aliphatic heterocycles. The van der Waals surface area contributed by atoms with Crippen molar-refractivity contribution in [1.82, 2.24) is 9.97 Å². The summed E-state index contributed by atoms with van der Waals surface area (Å²) in [6.45, 7) is 1.74. The van der Waals surface area contributed by atoms with Gasteiger partial charge in [0.05, 0.1) is 0 Å². The van der Waals surface area contributed by atoms with Crippen LogP contribution < -0.4 is 5.32 Å².